The van der Waals surface area contributed by atoms with Gasteiger partial charge in [-0.15, -0.1) is 0 Å². The molecule has 1 unspecified atom stereocenters. The molecule has 1 atom stereocenters. The molecule has 0 aliphatic rings. The molecule has 0 radical (unpaired) electrons. The maximum absolute atomic E-state index is 12.8. The zero-order valence-electron chi connectivity index (χ0n) is 19.6. The van der Waals surface area contributed by atoms with Gasteiger partial charge in [-0.05, 0) is 40.4 Å². The lowest BCUT2D eigenvalue weighted by atomic mass is 9.77. The van der Waals surface area contributed by atoms with E-state index in [1.165, 1.54) is 14.0 Å². The number of phenolic OH excluding ortho intramolecular Hbond substituents is 1. The second-order valence-electron chi connectivity index (χ2n) is 9.90. The summed E-state index contributed by atoms with van der Waals surface area (Å²) in [6, 6.07) is 3.83. The van der Waals surface area contributed by atoms with Crippen LogP contribution < -0.4 is 0 Å². The Bertz CT molecular complexity index is 702. The molecule has 1 aromatic rings. The predicted octanol–water partition coefficient (Wildman–Crippen LogP) is 5.19. The van der Waals surface area contributed by atoms with Gasteiger partial charge in [-0.2, -0.15) is 0 Å². The maximum Gasteiger partial charge on any atom is 0.350 e. The smallest absolute Gasteiger partial charge is 0.350 e. The molecule has 0 aliphatic heterocycles. The molecule has 0 amide bonds. The number of hydrogen-bond donors (Lipinski definition) is 1. The first-order valence-corrected chi connectivity index (χ1v) is 10.3. The largest absolute Gasteiger partial charge is 0.507 e. The first-order valence-electron chi connectivity index (χ1n) is 10.3. The van der Waals surface area contributed by atoms with Crippen molar-refractivity contribution in [1.82, 2.24) is 0 Å². The van der Waals surface area contributed by atoms with Crippen LogP contribution in [0.5, 0.6) is 5.75 Å². The molecule has 1 aromatic carbocycles. The first kappa shape index (κ1) is 25.0. The van der Waals surface area contributed by atoms with Gasteiger partial charge in [0.15, 0.2) is 0 Å². The number of carbonyl (C=O) groups excluding carboxylic acids is 2. The fourth-order valence-electron chi connectivity index (χ4n) is 3.58. The highest BCUT2D eigenvalue weighted by Gasteiger charge is 2.43. The molecular weight excluding hydrogens is 368 g/mol. The number of carbonyl (C=O) groups is 2. The van der Waals surface area contributed by atoms with Gasteiger partial charge in [-0.1, -0.05) is 67.0 Å². The van der Waals surface area contributed by atoms with Gasteiger partial charge in [-0.25, -0.2) is 4.79 Å². The summed E-state index contributed by atoms with van der Waals surface area (Å²) in [7, 11) is 1.31. The van der Waals surface area contributed by atoms with E-state index in [2.05, 4.69) is 0 Å². The van der Waals surface area contributed by atoms with E-state index in [1.807, 2.05) is 60.6 Å². The summed E-state index contributed by atoms with van der Waals surface area (Å²) in [5.41, 5.74) is 0.477. The molecule has 0 fully saturated rings. The Morgan fingerprint density at radius 1 is 1.00 bits per heavy atom. The quantitative estimate of drug-likeness (QED) is 0.631. The number of phenols is 1. The summed E-state index contributed by atoms with van der Waals surface area (Å²) in [4.78, 5) is 24.6. The van der Waals surface area contributed by atoms with Gasteiger partial charge in [0.05, 0.1) is 7.11 Å². The van der Waals surface area contributed by atoms with Crippen molar-refractivity contribution in [2.45, 2.75) is 97.5 Å². The van der Waals surface area contributed by atoms with Gasteiger partial charge in [0, 0.05) is 13.3 Å². The van der Waals surface area contributed by atoms with Crippen molar-refractivity contribution in [3.8, 4) is 5.75 Å². The molecule has 0 saturated carbocycles. The molecule has 1 N–H and O–H groups in total. The number of rotatable bonds is 7. The molecule has 1 rings (SSSR count). The lowest BCUT2D eigenvalue weighted by molar-refractivity contribution is -0.180. The van der Waals surface area contributed by atoms with E-state index >= 15 is 0 Å². The molecule has 0 aliphatic carbocycles. The van der Waals surface area contributed by atoms with Crippen molar-refractivity contribution in [2.24, 2.45) is 0 Å². The van der Waals surface area contributed by atoms with Crippen LogP contribution in [0.4, 0.5) is 0 Å². The molecule has 164 valence electrons. The minimum Gasteiger partial charge on any atom is -0.507 e. The number of methoxy groups -OCH3 is 1. The summed E-state index contributed by atoms with van der Waals surface area (Å²) in [6.07, 6.45) is 2.16. The first-order chi connectivity index (χ1) is 13.2. The molecule has 0 heterocycles. The second kappa shape index (κ2) is 9.19. The Hall–Kier alpha value is -2.04. The summed E-state index contributed by atoms with van der Waals surface area (Å²) in [5.74, 6) is -0.792. The second-order valence-corrected chi connectivity index (χ2v) is 9.90. The molecule has 0 bridgehead atoms. The Kier molecular flexibility index (Phi) is 7.92. The number of benzene rings is 1. The van der Waals surface area contributed by atoms with Crippen molar-refractivity contribution in [2.75, 3.05) is 7.11 Å². The summed E-state index contributed by atoms with van der Waals surface area (Å²) in [6.45, 7) is 15.5. The highest BCUT2D eigenvalue weighted by molar-refractivity contribution is 5.83. The van der Waals surface area contributed by atoms with Gasteiger partial charge in [-0.3, -0.25) is 4.79 Å². The highest BCUT2D eigenvalue weighted by Crippen LogP contribution is 2.41. The van der Waals surface area contributed by atoms with Crippen molar-refractivity contribution >= 4 is 11.9 Å². The number of esters is 2. The van der Waals surface area contributed by atoms with E-state index in [0.29, 0.717) is 6.42 Å². The maximum atomic E-state index is 12.8. The van der Waals surface area contributed by atoms with Gasteiger partial charge < -0.3 is 14.6 Å². The molecule has 0 saturated heterocycles. The zero-order valence-corrected chi connectivity index (χ0v) is 19.6. The third-order valence-electron chi connectivity index (χ3n) is 5.11. The van der Waals surface area contributed by atoms with Crippen LogP contribution in [0.15, 0.2) is 12.1 Å². The third-order valence-corrected chi connectivity index (χ3v) is 5.11. The van der Waals surface area contributed by atoms with Crippen LogP contribution >= 0.6 is 0 Å². The Morgan fingerprint density at radius 3 is 1.83 bits per heavy atom. The summed E-state index contributed by atoms with van der Waals surface area (Å²) < 4.78 is 10.6. The van der Waals surface area contributed by atoms with Crippen LogP contribution in [-0.2, 0) is 36.3 Å². The van der Waals surface area contributed by atoms with Gasteiger partial charge in [0.25, 0.3) is 0 Å². The van der Waals surface area contributed by atoms with Crippen molar-refractivity contribution < 1.29 is 24.2 Å². The van der Waals surface area contributed by atoms with E-state index in [9.17, 15) is 14.7 Å². The zero-order chi connectivity index (χ0) is 22.6. The third kappa shape index (κ3) is 6.22. The van der Waals surface area contributed by atoms with Crippen LogP contribution in [0.2, 0.25) is 0 Å². The fraction of sp³-hybridized carbons (Fsp3) is 0.667. The highest BCUT2D eigenvalue weighted by atomic mass is 16.6. The Balaban J connectivity index is 3.66. The Morgan fingerprint density at radius 2 is 1.48 bits per heavy atom. The van der Waals surface area contributed by atoms with Gasteiger partial charge in [0.2, 0.25) is 5.60 Å². The van der Waals surface area contributed by atoms with E-state index < -0.39 is 17.5 Å². The minimum atomic E-state index is -1.38. The lowest BCUT2D eigenvalue weighted by Crippen LogP contribution is -2.46. The predicted molar refractivity (Wildman–Crippen MR) is 115 cm³/mol. The van der Waals surface area contributed by atoms with Crippen molar-refractivity contribution in [3.05, 3.63) is 28.8 Å². The van der Waals surface area contributed by atoms with Crippen LogP contribution in [0, 0.1) is 0 Å². The normalized spacial score (nSPS) is 14.2. The average molecular weight is 407 g/mol. The Labute approximate surface area is 175 Å². The number of ether oxygens (including phenoxy) is 2. The van der Waals surface area contributed by atoms with Crippen molar-refractivity contribution in [3.63, 3.8) is 0 Å². The summed E-state index contributed by atoms with van der Waals surface area (Å²) >= 11 is 0. The van der Waals surface area contributed by atoms with Crippen LogP contribution in [0.1, 0.15) is 91.3 Å². The van der Waals surface area contributed by atoms with Gasteiger partial charge in [0.1, 0.15) is 5.75 Å². The van der Waals surface area contributed by atoms with Crippen LogP contribution in [0.25, 0.3) is 0 Å². The molecule has 5 heteroatoms. The van der Waals surface area contributed by atoms with Crippen LogP contribution in [-0.4, -0.2) is 29.8 Å². The molecule has 5 nitrogen and oxygen atoms in total. The van der Waals surface area contributed by atoms with Crippen molar-refractivity contribution in [1.29, 1.82) is 0 Å². The van der Waals surface area contributed by atoms with Gasteiger partial charge >= 0.3 is 11.9 Å². The minimum absolute atomic E-state index is 0.200. The molecule has 29 heavy (non-hydrogen) atoms. The summed E-state index contributed by atoms with van der Waals surface area (Å²) in [5, 5.41) is 10.9. The topological polar surface area (TPSA) is 72.8 Å². The number of aromatic hydroxyl groups is 1. The van der Waals surface area contributed by atoms with E-state index in [-0.39, 0.29) is 23.0 Å². The monoisotopic (exact) mass is 406 g/mol. The standard InChI is InChI=1S/C24H38O5/c1-10-11-12-24(21(27)28-9,29-16(2)25)15-17-13-18(22(3,4)5)20(26)19(14-17)23(6,7)8/h13-14,26H,10-12,15H2,1-9H3. The van der Waals surface area contributed by atoms with E-state index in [0.717, 1.165) is 29.5 Å². The molecular formula is C24H38O5. The fourth-order valence-corrected chi connectivity index (χ4v) is 3.58. The number of hydrogen-bond acceptors (Lipinski definition) is 5. The lowest BCUT2D eigenvalue weighted by Gasteiger charge is -2.33. The van der Waals surface area contributed by atoms with E-state index in [4.69, 9.17) is 9.47 Å². The molecule has 0 spiro atoms. The number of unbranched alkanes of at least 4 members (excludes halogenated alkanes) is 1. The van der Waals surface area contributed by atoms with E-state index in [1.54, 1.807) is 0 Å². The molecule has 0 aromatic heterocycles. The average Bonchev–Trinajstić information content (AvgIpc) is 2.57. The van der Waals surface area contributed by atoms with Crippen LogP contribution in [0.3, 0.4) is 0 Å². The SMILES string of the molecule is CCCCC(Cc1cc(C(C)(C)C)c(O)c(C(C)(C)C)c1)(OC(C)=O)C(=O)OC.